The lowest BCUT2D eigenvalue weighted by Gasteiger charge is -2.19. The number of rotatable bonds is 8. The molecule has 0 aliphatic carbocycles. The Kier molecular flexibility index (Phi) is 6.82. The first-order chi connectivity index (χ1) is 17.6. The fourth-order valence-corrected chi connectivity index (χ4v) is 4.84. The molecule has 2 heterocycles. The van der Waals surface area contributed by atoms with Gasteiger partial charge in [0.2, 0.25) is 0 Å². The van der Waals surface area contributed by atoms with Gasteiger partial charge in [0.25, 0.3) is 5.91 Å². The molecule has 3 aromatic carbocycles. The Morgan fingerprint density at radius 2 is 1.56 bits per heavy atom. The SMILES string of the molecule is CCOc1cccc2sc(N(Cc3ccccn3)C(=O)c3ccc(C(=O)c4ccccc4)cc3)nc12. The lowest BCUT2D eigenvalue weighted by Crippen LogP contribution is -2.30. The maximum absolute atomic E-state index is 13.7. The van der Waals surface area contributed by atoms with E-state index in [9.17, 15) is 9.59 Å². The molecule has 0 N–H and O–H groups in total. The lowest BCUT2D eigenvalue weighted by molar-refractivity contribution is 0.0982. The average molecular weight is 494 g/mol. The highest BCUT2D eigenvalue weighted by Crippen LogP contribution is 2.35. The molecular formula is C29H23N3O3S. The highest BCUT2D eigenvalue weighted by Gasteiger charge is 2.23. The zero-order valence-electron chi connectivity index (χ0n) is 19.6. The summed E-state index contributed by atoms with van der Waals surface area (Å²) in [5.74, 6) is 0.373. The Labute approximate surface area is 212 Å². The van der Waals surface area contributed by atoms with Crippen molar-refractivity contribution in [1.82, 2.24) is 9.97 Å². The smallest absolute Gasteiger partial charge is 0.260 e. The first kappa shape index (κ1) is 23.4. The molecule has 1 amide bonds. The monoisotopic (exact) mass is 493 g/mol. The van der Waals surface area contributed by atoms with Crippen molar-refractivity contribution in [3.8, 4) is 5.75 Å². The molecule has 178 valence electrons. The van der Waals surface area contributed by atoms with E-state index in [1.54, 1.807) is 47.5 Å². The quantitative estimate of drug-likeness (QED) is 0.242. The Hall–Kier alpha value is -4.36. The number of hydrogen-bond acceptors (Lipinski definition) is 6. The van der Waals surface area contributed by atoms with Crippen molar-refractivity contribution in [2.75, 3.05) is 11.5 Å². The van der Waals surface area contributed by atoms with Gasteiger partial charge in [-0.3, -0.25) is 19.5 Å². The number of carbonyl (C=O) groups excluding carboxylic acids is 2. The summed E-state index contributed by atoms with van der Waals surface area (Å²) in [6.07, 6.45) is 1.70. The van der Waals surface area contributed by atoms with E-state index < -0.39 is 0 Å². The molecule has 0 radical (unpaired) electrons. The van der Waals surface area contributed by atoms with Gasteiger partial charge in [-0.2, -0.15) is 0 Å². The van der Waals surface area contributed by atoms with Crippen LogP contribution in [0.5, 0.6) is 5.75 Å². The number of hydrogen-bond donors (Lipinski definition) is 0. The molecule has 2 aromatic heterocycles. The summed E-state index contributed by atoms with van der Waals surface area (Å²) in [5.41, 5.74) is 3.05. The first-order valence-electron chi connectivity index (χ1n) is 11.6. The van der Waals surface area contributed by atoms with Crippen molar-refractivity contribution < 1.29 is 14.3 Å². The molecule has 0 spiro atoms. The maximum atomic E-state index is 13.7. The minimum atomic E-state index is -0.226. The summed E-state index contributed by atoms with van der Waals surface area (Å²) in [6.45, 7) is 2.71. The standard InChI is InChI=1S/C29H23N3O3S/c1-2-35-24-12-8-13-25-26(24)31-29(36-25)32(19-23-11-6-7-18-30-23)28(34)22-16-14-21(15-17-22)27(33)20-9-4-3-5-10-20/h3-18H,2,19H2,1H3. The van der Waals surface area contributed by atoms with Gasteiger partial charge in [-0.15, -0.1) is 0 Å². The molecule has 5 aromatic rings. The number of benzene rings is 3. The second-order valence-electron chi connectivity index (χ2n) is 8.02. The molecule has 36 heavy (non-hydrogen) atoms. The summed E-state index contributed by atoms with van der Waals surface area (Å²) in [5, 5.41) is 0.553. The van der Waals surface area contributed by atoms with Gasteiger partial charge in [-0.1, -0.05) is 65.9 Å². The molecule has 0 aliphatic rings. The number of amides is 1. The number of aromatic nitrogens is 2. The van der Waals surface area contributed by atoms with Crippen LogP contribution in [0.25, 0.3) is 10.2 Å². The van der Waals surface area contributed by atoms with Crippen LogP contribution in [-0.2, 0) is 6.54 Å². The van der Waals surface area contributed by atoms with E-state index >= 15 is 0 Å². The van der Waals surface area contributed by atoms with Crippen molar-refractivity contribution in [1.29, 1.82) is 0 Å². The minimum absolute atomic E-state index is 0.0884. The van der Waals surface area contributed by atoms with E-state index in [1.165, 1.54) is 11.3 Å². The Balaban J connectivity index is 1.49. The number of fused-ring (bicyclic) bond motifs is 1. The van der Waals surface area contributed by atoms with E-state index in [2.05, 4.69) is 4.98 Å². The molecule has 0 saturated carbocycles. The van der Waals surface area contributed by atoms with E-state index in [4.69, 9.17) is 9.72 Å². The minimum Gasteiger partial charge on any atom is -0.492 e. The normalized spacial score (nSPS) is 10.8. The van der Waals surface area contributed by atoms with Crippen LogP contribution in [0.2, 0.25) is 0 Å². The second-order valence-corrected chi connectivity index (χ2v) is 9.03. The summed E-state index contributed by atoms with van der Waals surface area (Å²) in [7, 11) is 0. The Morgan fingerprint density at radius 1 is 0.833 bits per heavy atom. The number of para-hydroxylation sites is 1. The molecule has 0 aliphatic heterocycles. The molecule has 0 unspecified atom stereocenters. The second kappa shape index (κ2) is 10.5. The Bertz CT molecular complexity index is 1500. The van der Waals surface area contributed by atoms with E-state index in [0.29, 0.717) is 34.2 Å². The average Bonchev–Trinajstić information content (AvgIpc) is 3.37. The van der Waals surface area contributed by atoms with Crippen molar-refractivity contribution >= 4 is 38.4 Å². The third kappa shape index (κ3) is 4.87. The van der Waals surface area contributed by atoms with Gasteiger partial charge >= 0.3 is 0 Å². The lowest BCUT2D eigenvalue weighted by atomic mass is 10.0. The first-order valence-corrected chi connectivity index (χ1v) is 12.4. The molecular weight excluding hydrogens is 470 g/mol. The summed E-state index contributed by atoms with van der Waals surface area (Å²) in [6, 6.07) is 27.2. The number of thiazole rings is 1. The summed E-state index contributed by atoms with van der Waals surface area (Å²) >= 11 is 1.43. The summed E-state index contributed by atoms with van der Waals surface area (Å²) < 4.78 is 6.67. The largest absolute Gasteiger partial charge is 0.492 e. The number of carbonyl (C=O) groups is 2. The molecule has 0 atom stereocenters. The number of pyridine rings is 1. The van der Waals surface area contributed by atoms with Gasteiger partial charge in [0, 0.05) is 22.9 Å². The highest BCUT2D eigenvalue weighted by atomic mass is 32.1. The van der Waals surface area contributed by atoms with Gasteiger partial charge in [0.15, 0.2) is 10.9 Å². The van der Waals surface area contributed by atoms with Crippen LogP contribution in [0.3, 0.4) is 0 Å². The molecule has 0 bridgehead atoms. The molecule has 6 nitrogen and oxygen atoms in total. The van der Waals surface area contributed by atoms with Gasteiger partial charge in [0.1, 0.15) is 11.3 Å². The molecule has 0 fully saturated rings. The van der Waals surface area contributed by atoms with Gasteiger partial charge < -0.3 is 4.74 Å². The maximum Gasteiger partial charge on any atom is 0.260 e. The van der Waals surface area contributed by atoms with E-state index in [1.807, 2.05) is 61.5 Å². The van der Waals surface area contributed by atoms with Crippen LogP contribution in [-0.4, -0.2) is 28.3 Å². The zero-order valence-corrected chi connectivity index (χ0v) is 20.4. The van der Waals surface area contributed by atoms with Crippen LogP contribution in [0.15, 0.2) is 97.2 Å². The van der Waals surface area contributed by atoms with E-state index in [0.717, 1.165) is 15.9 Å². The van der Waals surface area contributed by atoms with Crippen molar-refractivity contribution in [3.05, 3.63) is 120 Å². The third-order valence-corrected chi connectivity index (χ3v) is 6.67. The topological polar surface area (TPSA) is 72.4 Å². The van der Waals surface area contributed by atoms with E-state index in [-0.39, 0.29) is 18.2 Å². The molecule has 0 saturated heterocycles. The highest BCUT2D eigenvalue weighted by molar-refractivity contribution is 7.22. The Morgan fingerprint density at radius 3 is 2.28 bits per heavy atom. The predicted octanol–water partition coefficient (Wildman–Crippen LogP) is 6.17. The fourth-order valence-electron chi connectivity index (χ4n) is 3.86. The van der Waals surface area contributed by atoms with Crippen molar-refractivity contribution in [3.63, 3.8) is 0 Å². The van der Waals surface area contributed by atoms with Crippen LogP contribution < -0.4 is 9.64 Å². The fraction of sp³-hybridized carbons (Fsp3) is 0.103. The van der Waals surface area contributed by atoms with Crippen LogP contribution >= 0.6 is 11.3 Å². The number of ether oxygens (including phenoxy) is 1. The summed E-state index contributed by atoms with van der Waals surface area (Å²) in [4.78, 5) is 37.3. The number of ketones is 1. The number of anilines is 1. The van der Waals surface area contributed by atoms with Crippen molar-refractivity contribution in [2.24, 2.45) is 0 Å². The van der Waals surface area contributed by atoms with Gasteiger partial charge in [-0.05, 0) is 43.3 Å². The number of nitrogens with zero attached hydrogens (tertiary/aromatic N) is 3. The third-order valence-electron chi connectivity index (χ3n) is 5.62. The van der Waals surface area contributed by atoms with Crippen molar-refractivity contribution in [2.45, 2.75) is 13.5 Å². The van der Waals surface area contributed by atoms with Crippen LogP contribution in [0, 0.1) is 0 Å². The van der Waals surface area contributed by atoms with Crippen LogP contribution in [0.4, 0.5) is 5.13 Å². The zero-order chi connectivity index (χ0) is 24.9. The molecule has 5 rings (SSSR count). The van der Waals surface area contributed by atoms with Gasteiger partial charge in [0.05, 0.1) is 23.5 Å². The van der Waals surface area contributed by atoms with Gasteiger partial charge in [-0.25, -0.2) is 4.98 Å². The van der Waals surface area contributed by atoms with Crippen LogP contribution in [0.1, 0.15) is 38.9 Å². The predicted molar refractivity (Wildman–Crippen MR) is 142 cm³/mol. The molecule has 7 heteroatoms.